The number of nitrogens with zero attached hydrogens (tertiary/aromatic N) is 4. The summed E-state index contributed by atoms with van der Waals surface area (Å²) in [7, 11) is 1.60. The Bertz CT molecular complexity index is 954. The van der Waals surface area contributed by atoms with Gasteiger partial charge in [-0.1, -0.05) is 6.07 Å². The average Bonchev–Trinajstić information content (AvgIpc) is 2.69. The number of pyridine rings is 2. The molecule has 1 aliphatic heterocycles. The lowest BCUT2D eigenvalue weighted by Crippen LogP contribution is -2.35. The lowest BCUT2D eigenvalue weighted by molar-refractivity contribution is 0.241. The maximum absolute atomic E-state index is 12.6. The van der Waals surface area contributed by atoms with Crippen LogP contribution in [0.4, 0.5) is 0 Å². The van der Waals surface area contributed by atoms with Crippen LogP contribution in [0.1, 0.15) is 16.8 Å². The van der Waals surface area contributed by atoms with E-state index in [1.54, 1.807) is 19.5 Å². The highest BCUT2D eigenvalue weighted by atomic mass is 16.5. The van der Waals surface area contributed by atoms with E-state index >= 15 is 0 Å². The Hall–Kier alpha value is -3.06. The van der Waals surface area contributed by atoms with Gasteiger partial charge in [-0.15, -0.1) is 0 Å². The minimum absolute atomic E-state index is 0.0700. The van der Waals surface area contributed by atoms with Crippen LogP contribution in [0.3, 0.4) is 0 Å². The van der Waals surface area contributed by atoms with Crippen LogP contribution in [-0.2, 0) is 19.5 Å². The van der Waals surface area contributed by atoms with Gasteiger partial charge >= 0.3 is 0 Å². The minimum Gasteiger partial charge on any atom is -0.481 e. The Balaban J connectivity index is 1.54. The summed E-state index contributed by atoms with van der Waals surface area (Å²) < 4.78 is 5.09. The molecule has 0 unspecified atom stereocenters. The molecule has 26 heavy (non-hydrogen) atoms. The molecular formula is C19H19N5O2. The van der Waals surface area contributed by atoms with E-state index in [0.717, 1.165) is 41.9 Å². The molecular weight excluding hydrogens is 330 g/mol. The van der Waals surface area contributed by atoms with Gasteiger partial charge in [0.25, 0.3) is 5.56 Å². The monoisotopic (exact) mass is 349 g/mol. The zero-order valence-corrected chi connectivity index (χ0v) is 14.5. The normalized spacial score (nSPS) is 14.0. The van der Waals surface area contributed by atoms with E-state index in [0.29, 0.717) is 18.2 Å². The number of aromatic amines is 1. The second-order valence-electron chi connectivity index (χ2n) is 6.25. The van der Waals surface area contributed by atoms with Gasteiger partial charge in [-0.25, -0.2) is 9.97 Å². The number of hydrogen-bond donors (Lipinski definition) is 1. The van der Waals surface area contributed by atoms with Crippen molar-refractivity contribution in [2.45, 2.75) is 19.5 Å². The van der Waals surface area contributed by atoms with Crippen LogP contribution < -0.4 is 10.3 Å². The lowest BCUT2D eigenvalue weighted by atomic mass is 10.1. The molecule has 1 N–H and O–H groups in total. The predicted molar refractivity (Wildman–Crippen MR) is 96.7 cm³/mol. The third-order valence-electron chi connectivity index (χ3n) is 4.51. The van der Waals surface area contributed by atoms with Crippen LogP contribution in [0.15, 0.2) is 47.7 Å². The third-order valence-corrected chi connectivity index (χ3v) is 4.51. The van der Waals surface area contributed by atoms with Gasteiger partial charge in [0, 0.05) is 56.3 Å². The molecule has 7 heteroatoms. The van der Waals surface area contributed by atoms with Crippen molar-refractivity contribution in [1.82, 2.24) is 24.8 Å². The highest BCUT2D eigenvalue weighted by molar-refractivity contribution is 5.54. The summed E-state index contributed by atoms with van der Waals surface area (Å²) in [5.74, 6) is 1.20. The SMILES string of the molecule is COc1ccc(CN2CCc3nc(-c4ccncc4)[nH]c(=O)c3C2)cn1. The second-order valence-corrected chi connectivity index (χ2v) is 6.25. The summed E-state index contributed by atoms with van der Waals surface area (Å²) in [6.45, 7) is 2.17. The number of nitrogens with one attached hydrogen (secondary N) is 1. The topological polar surface area (TPSA) is 84.0 Å². The number of hydrogen-bond acceptors (Lipinski definition) is 6. The number of ether oxygens (including phenoxy) is 1. The zero-order chi connectivity index (χ0) is 17.9. The molecule has 3 aromatic heterocycles. The first kappa shape index (κ1) is 16.4. The van der Waals surface area contributed by atoms with Crippen molar-refractivity contribution < 1.29 is 4.74 Å². The summed E-state index contributed by atoms with van der Waals surface area (Å²) in [6, 6.07) is 7.53. The van der Waals surface area contributed by atoms with Crippen molar-refractivity contribution in [3.8, 4) is 17.3 Å². The summed E-state index contributed by atoms with van der Waals surface area (Å²) in [5.41, 5.74) is 3.51. The summed E-state index contributed by atoms with van der Waals surface area (Å²) in [4.78, 5) is 30.6. The number of rotatable bonds is 4. The van der Waals surface area contributed by atoms with Gasteiger partial charge in [0.05, 0.1) is 18.4 Å². The molecule has 0 fully saturated rings. The largest absolute Gasteiger partial charge is 0.481 e. The first-order valence-electron chi connectivity index (χ1n) is 8.46. The van der Waals surface area contributed by atoms with Crippen molar-refractivity contribution in [2.24, 2.45) is 0 Å². The first-order chi connectivity index (χ1) is 12.7. The Morgan fingerprint density at radius 3 is 2.81 bits per heavy atom. The molecule has 4 heterocycles. The van der Waals surface area contributed by atoms with Gasteiger partial charge in [-0.2, -0.15) is 0 Å². The molecule has 7 nitrogen and oxygen atoms in total. The number of aromatic nitrogens is 4. The predicted octanol–water partition coefficient (Wildman–Crippen LogP) is 1.79. The van der Waals surface area contributed by atoms with Gasteiger partial charge in [0.2, 0.25) is 5.88 Å². The maximum atomic E-state index is 12.6. The highest BCUT2D eigenvalue weighted by Crippen LogP contribution is 2.19. The van der Waals surface area contributed by atoms with E-state index in [1.807, 2.05) is 30.5 Å². The van der Waals surface area contributed by atoms with Crippen LogP contribution >= 0.6 is 0 Å². The molecule has 0 atom stereocenters. The van der Waals surface area contributed by atoms with Gasteiger partial charge in [0.1, 0.15) is 5.82 Å². The smallest absolute Gasteiger partial charge is 0.255 e. The summed E-state index contributed by atoms with van der Waals surface area (Å²) >= 11 is 0. The molecule has 0 amide bonds. The van der Waals surface area contributed by atoms with E-state index < -0.39 is 0 Å². The summed E-state index contributed by atoms with van der Waals surface area (Å²) in [5, 5.41) is 0. The van der Waals surface area contributed by atoms with Crippen LogP contribution in [0.25, 0.3) is 11.4 Å². The zero-order valence-electron chi connectivity index (χ0n) is 14.5. The van der Waals surface area contributed by atoms with Crippen LogP contribution in [0, 0.1) is 0 Å². The molecule has 0 bridgehead atoms. The Morgan fingerprint density at radius 1 is 1.23 bits per heavy atom. The fourth-order valence-corrected chi connectivity index (χ4v) is 3.15. The van der Waals surface area contributed by atoms with E-state index in [-0.39, 0.29) is 5.56 Å². The Labute approximate surface area is 150 Å². The number of H-pyrrole nitrogens is 1. The maximum Gasteiger partial charge on any atom is 0.255 e. The Kier molecular flexibility index (Phi) is 4.45. The fraction of sp³-hybridized carbons (Fsp3) is 0.263. The van der Waals surface area contributed by atoms with Gasteiger partial charge in [0.15, 0.2) is 0 Å². The van der Waals surface area contributed by atoms with E-state index in [4.69, 9.17) is 4.74 Å². The molecule has 0 saturated carbocycles. The second kappa shape index (κ2) is 7.05. The van der Waals surface area contributed by atoms with E-state index in [1.165, 1.54) is 0 Å². The molecule has 0 aliphatic carbocycles. The standard InChI is InChI=1S/C19H19N5O2/c1-26-17-3-2-13(10-21-17)11-24-9-6-16-15(12-24)19(25)23-18(22-16)14-4-7-20-8-5-14/h2-5,7-8,10H,6,9,11-12H2,1H3,(H,22,23,25). The Morgan fingerprint density at radius 2 is 2.08 bits per heavy atom. The van der Waals surface area contributed by atoms with Gasteiger partial charge in [-0.3, -0.25) is 14.7 Å². The van der Waals surface area contributed by atoms with Gasteiger partial charge < -0.3 is 9.72 Å². The van der Waals surface area contributed by atoms with Crippen molar-refractivity contribution in [2.75, 3.05) is 13.7 Å². The summed E-state index contributed by atoms with van der Waals surface area (Å²) in [6.07, 6.45) is 5.95. The molecule has 4 rings (SSSR count). The number of fused-ring (bicyclic) bond motifs is 1. The van der Waals surface area contributed by atoms with Crippen molar-refractivity contribution in [3.63, 3.8) is 0 Å². The molecule has 132 valence electrons. The van der Waals surface area contributed by atoms with Crippen molar-refractivity contribution in [1.29, 1.82) is 0 Å². The lowest BCUT2D eigenvalue weighted by Gasteiger charge is -2.27. The molecule has 0 saturated heterocycles. The van der Waals surface area contributed by atoms with E-state index in [2.05, 4.69) is 24.8 Å². The van der Waals surface area contributed by atoms with E-state index in [9.17, 15) is 4.79 Å². The molecule has 0 aromatic carbocycles. The number of methoxy groups -OCH3 is 1. The third kappa shape index (κ3) is 3.34. The molecule has 0 radical (unpaired) electrons. The van der Waals surface area contributed by atoms with Crippen LogP contribution in [0.2, 0.25) is 0 Å². The average molecular weight is 349 g/mol. The highest BCUT2D eigenvalue weighted by Gasteiger charge is 2.21. The van der Waals surface area contributed by atoms with Crippen LogP contribution in [-0.4, -0.2) is 38.5 Å². The first-order valence-corrected chi connectivity index (χ1v) is 8.46. The van der Waals surface area contributed by atoms with Gasteiger partial charge in [-0.05, 0) is 17.7 Å². The molecule has 0 spiro atoms. The quantitative estimate of drug-likeness (QED) is 0.773. The van der Waals surface area contributed by atoms with Crippen molar-refractivity contribution >= 4 is 0 Å². The molecule has 1 aliphatic rings. The fourth-order valence-electron chi connectivity index (χ4n) is 3.15. The molecule has 3 aromatic rings. The van der Waals surface area contributed by atoms with Crippen molar-refractivity contribution in [3.05, 3.63) is 70.0 Å². The minimum atomic E-state index is -0.0700. The van der Waals surface area contributed by atoms with Crippen LogP contribution in [0.5, 0.6) is 5.88 Å².